The van der Waals surface area contributed by atoms with Gasteiger partial charge in [0, 0.05) is 5.69 Å². The van der Waals surface area contributed by atoms with Crippen molar-refractivity contribution in [3.05, 3.63) is 52.0 Å². The molecule has 0 spiro atoms. The van der Waals surface area contributed by atoms with Crippen molar-refractivity contribution in [1.29, 1.82) is 5.26 Å². The molecule has 0 bridgehead atoms. The van der Waals surface area contributed by atoms with Gasteiger partial charge in [-0.05, 0) is 70.9 Å². The van der Waals surface area contributed by atoms with E-state index in [1.165, 1.54) is 6.08 Å². The lowest BCUT2D eigenvalue weighted by atomic mass is 10.1. The third kappa shape index (κ3) is 4.77. The Bertz CT molecular complexity index is 870. The molecule has 0 heterocycles. The lowest BCUT2D eigenvalue weighted by Gasteiger charge is -2.09. The van der Waals surface area contributed by atoms with Crippen LogP contribution < -0.4 is 14.8 Å². The molecule has 134 valence electrons. The van der Waals surface area contributed by atoms with E-state index in [0.29, 0.717) is 28.1 Å². The zero-order chi connectivity index (χ0) is 19.1. The molecule has 0 aromatic heterocycles. The van der Waals surface area contributed by atoms with Gasteiger partial charge >= 0.3 is 0 Å². The van der Waals surface area contributed by atoms with Crippen LogP contribution in [0.2, 0.25) is 0 Å². The van der Waals surface area contributed by atoms with Crippen LogP contribution in [-0.2, 0) is 4.79 Å². The molecular formula is C19H17BrN2O4. The zero-order valence-corrected chi connectivity index (χ0v) is 15.8. The largest absolute Gasteiger partial charge is 0.503 e. The van der Waals surface area contributed by atoms with Gasteiger partial charge in [-0.1, -0.05) is 0 Å². The molecule has 26 heavy (non-hydrogen) atoms. The Morgan fingerprint density at radius 1 is 1.35 bits per heavy atom. The van der Waals surface area contributed by atoms with Crippen molar-refractivity contribution in [1.82, 2.24) is 0 Å². The number of phenols is 1. The van der Waals surface area contributed by atoms with Crippen molar-refractivity contribution >= 4 is 33.6 Å². The zero-order valence-electron chi connectivity index (χ0n) is 14.2. The highest BCUT2D eigenvalue weighted by Crippen LogP contribution is 2.36. The van der Waals surface area contributed by atoms with Gasteiger partial charge in [0.15, 0.2) is 11.5 Å². The van der Waals surface area contributed by atoms with E-state index in [1.807, 2.05) is 6.07 Å². The van der Waals surface area contributed by atoms with E-state index in [9.17, 15) is 15.2 Å². The van der Waals surface area contributed by atoms with Gasteiger partial charge in [0.25, 0.3) is 5.91 Å². The molecule has 0 atom stereocenters. The number of nitrogens with one attached hydrogen (secondary N) is 1. The number of hydrogen-bond donors (Lipinski definition) is 2. The topological polar surface area (TPSA) is 91.6 Å². The number of carbonyl (C=O) groups is 1. The first-order valence-electron chi connectivity index (χ1n) is 7.71. The van der Waals surface area contributed by atoms with Crippen LogP contribution in [0.1, 0.15) is 12.5 Å². The minimum absolute atomic E-state index is 0.0369. The van der Waals surface area contributed by atoms with Gasteiger partial charge in [0.05, 0.1) is 18.2 Å². The van der Waals surface area contributed by atoms with E-state index in [1.54, 1.807) is 50.4 Å². The van der Waals surface area contributed by atoms with Crippen molar-refractivity contribution in [2.75, 3.05) is 19.0 Å². The molecule has 1 amide bonds. The summed E-state index contributed by atoms with van der Waals surface area (Å²) >= 11 is 3.23. The van der Waals surface area contributed by atoms with Crippen LogP contribution in [0.3, 0.4) is 0 Å². The first kappa shape index (κ1) is 19.3. The molecule has 0 saturated carbocycles. The van der Waals surface area contributed by atoms with E-state index in [-0.39, 0.29) is 17.1 Å². The Labute approximate surface area is 159 Å². The number of amides is 1. The fourth-order valence-electron chi connectivity index (χ4n) is 2.13. The Hall–Kier alpha value is -2.98. The molecule has 2 aromatic carbocycles. The fourth-order valence-corrected chi connectivity index (χ4v) is 2.59. The molecule has 7 heteroatoms. The van der Waals surface area contributed by atoms with Crippen molar-refractivity contribution in [3.63, 3.8) is 0 Å². The number of carbonyl (C=O) groups excluding carboxylic acids is 1. The third-order valence-electron chi connectivity index (χ3n) is 3.37. The molecule has 6 nitrogen and oxygen atoms in total. The number of nitriles is 1. The monoisotopic (exact) mass is 416 g/mol. The lowest BCUT2D eigenvalue weighted by Crippen LogP contribution is -2.13. The molecule has 0 saturated heterocycles. The minimum Gasteiger partial charge on any atom is -0.503 e. The molecule has 0 aliphatic heterocycles. The standard InChI is InChI=1S/C19H17BrN2O4/c1-3-26-17-10-12(9-16(20)18(17)23)8-13(11-21)19(24)22-14-4-6-15(25-2)7-5-14/h4-10,23H,3H2,1-2H3,(H,22,24)/b13-8+. The van der Waals surface area contributed by atoms with Crippen molar-refractivity contribution in [2.45, 2.75) is 6.92 Å². The second kappa shape index (κ2) is 8.92. The van der Waals surface area contributed by atoms with Gasteiger partial charge in [-0.3, -0.25) is 4.79 Å². The second-order valence-electron chi connectivity index (χ2n) is 5.13. The van der Waals surface area contributed by atoms with Gasteiger partial charge in [0.2, 0.25) is 0 Å². The Morgan fingerprint density at radius 3 is 2.62 bits per heavy atom. The van der Waals surface area contributed by atoms with Gasteiger partial charge < -0.3 is 19.9 Å². The van der Waals surface area contributed by atoms with Crippen LogP contribution in [0.25, 0.3) is 6.08 Å². The van der Waals surface area contributed by atoms with Crippen molar-refractivity contribution in [2.24, 2.45) is 0 Å². The lowest BCUT2D eigenvalue weighted by molar-refractivity contribution is -0.112. The maximum absolute atomic E-state index is 12.3. The number of halogens is 1. The van der Waals surface area contributed by atoms with Gasteiger partial charge in [0.1, 0.15) is 17.4 Å². The van der Waals surface area contributed by atoms with Crippen LogP contribution in [0.5, 0.6) is 17.2 Å². The second-order valence-corrected chi connectivity index (χ2v) is 5.99. The number of anilines is 1. The van der Waals surface area contributed by atoms with Crippen molar-refractivity contribution in [3.8, 4) is 23.3 Å². The minimum atomic E-state index is -0.542. The average Bonchev–Trinajstić information content (AvgIpc) is 2.64. The predicted molar refractivity (Wildman–Crippen MR) is 102 cm³/mol. The van der Waals surface area contributed by atoms with E-state index >= 15 is 0 Å². The Balaban J connectivity index is 2.26. The van der Waals surface area contributed by atoms with E-state index < -0.39 is 5.91 Å². The molecule has 0 aliphatic rings. The fraction of sp³-hybridized carbons (Fsp3) is 0.158. The van der Waals surface area contributed by atoms with Crippen molar-refractivity contribution < 1.29 is 19.4 Å². The molecule has 0 fully saturated rings. The summed E-state index contributed by atoms with van der Waals surface area (Å²) < 4.78 is 10.8. The molecule has 2 N–H and O–H groups in total. The van der Waals surface area contributed by atoms with Gasteiger partial charge in [-0.2, -0.15) is 5.26 Å². The molecule has 0 unspecified atom stereocenters. The summed E-state index contributed by atoms with van der Waals surface area (Å²) in [7, 11) is 1.55. The van der Waals surface area contributed by atoms with Gasteiger partial charge in [-0.15, -0.1) is 0 Å². The predicted octanol–water partition coefficient (Wildman–Crippen LogP) is 4.11. The number of phenolic OH excluding ortho intramolecular Hbond substituents is 1. The molecular weight excluding hydrogens is 400 g/mol. The molecule has 0 radical (unpaired) electrons. The summed E-state index contributed by atoms with van der Waals surface area (Å²) in [4.78, 5) is 12.3. The summed E-state index contributed by atoms with van der Waals surface area (Å²) in [5.74, 6) is 0.349. The maximum Gasteiger partial charge on any atom is 0.266 e. The first-order chi connectivity index (χ1) is 12.5. The van der Waals surface area contributed by atoms with E-state index in [2.05, 4.69) is 21.2 Å². The molecule has 2 aromatic rings. The number of ether oxygens (including phenoxy) is 2. The molecule has 2 rings (SSSR count). The highest BCUT2D eigenvalue weighted by atomic mass is 79.9. The Kier molecular flexibility index (Phi) is 6.64. The average molecular weight is 417 g/mol. The molecule has 0 aliphatic carbocycles. The van der Waals surface area contributed by atoms with E-state index in [0.717, 1.165) is 0 Å². The number of aromatic hydroxyl groups is 1. The number of hydrogen-bond acceptors (Lipinski definition) is 5. The summed E-state index contributed by atoms with van der Waals surface area (Å²) in [5, 5.41) is 21.9. The van der Waals surface area contributed by atoms with Gasteiger partial charge in [-0.25, -0.2) is 0 Å². The SMILES string of the molecule is CCOc1cc(/C=C(\C#N)C(=O)Nc2ccc(OC)cc2)cc(Br)c1O. The van der Waals surface area contributed by atoms with Crippen LogP contribution in [0, 0.1) is 11.3 Å². The van der Waals surface area contributed by atoms with Crippen LogP contribution in [0.15, 0.2) is 46.4 Å². The maximum atomic E-state index is 12.3. The van der Waals surface area contributed by atoms with E-state index in [4.69, 9.17) is 9.47 Å². The number of nitrogens with zero attached hydrogens (tertiary/aromatic N) is 1. The highest BCUT2D eigenvalue weighted by Gasteiger charge is 2.13. The van der Waals surface area contributed by atoms with Crippen LogP contribution in [-0.4, -0.2) is 24.7 Å². The summed E-state index contributed by atoms with van der Waals surface area (Å²) in [6, 6.07) is 11.8. The van der Waals surface area contributed by atoms with Crippen LogP contribution >= 0.6 is 15.9 Å². The highest BCUT2D eigenvalue weighted by molar-refractivity contribution is 9.10. The summed E-state index contributed by atoms with van der Waals surface area (Å²) in [6.45, 7) is 2.16. The third-order valence-corrected chi connectivity index (χ3v) is 3.98. The smallest absolute Gasteiger partial charge is 0.266 e. The Morgan fingerprint density at radius 2 is 2.04 bits per heavy atom. The normalized spacial score (nSPS) is 10.8. The van der Waals surface area contributed by atoms with Crippen LogP contribution in [0.4, 0.5) is 5.69 Å². The quantitative estimate of drug-likeness (QED) is 0.545. The number of methoxy groups -OCH3 is 1. The number of rotatable bonds is 6. The number of benzene rings is 2. The summed E-state index contributed by atoms with van der Waals surface area (Å²) in [5.41, 5.74) is 0.999. The first-order valence-corrected chi connectivity index (χ1v) is 8.50. The summed E-state index contributed by atoms with van der Waals surface area (Å²) in [6.07, 6.45) is 1.42.